The number of amides is 1. The smallest absolute Gasteiger partial charge is 0.338 e. The third-order valence-corrected chi connectivity index (χ3v) is 6.21. The summed E-state index contributed by atoms with van der Waals surface area (Å²) < 4.78 is 19.4. The number of hydrogen-bond acceptors (Lipinski definition) is 8. The van der Waals surface area contributed by atoms with Crippen LogP contribution in [0.25, 0.3) is 0 Å². The van der Waals surface area contributed by atoms with Gasteiger partial charge in [0.05, 0.1) is 17.0 Å². The third-order valence-electron chi connectivity index (χ3n) is 3.91. The van der Waals surface area contributed by atoms with Crippen molar-refractivity contribution in [1.82, 2.24) is 0 Å². The molecule has 1 aliphatic rings. The van der Waals surface area contributed by atoms with Crippen LogP contribution in [0.2, 0.25) is 0 Å². The highest BCUT2D eigenvalue weighted by Crippen LogP contribution is 2.27. The Kier molecular flexibility index (Phi) is 7.41. The van der Waals surface area contributed by atoms with Crippen LogP contribution in [0.5, 0.6) is 0 Å². The first kappa shape index (κ1) is 21.8. The number of rotatable bonds is 7. The van der Waals surface area contributed by atoms with E-state index in [0.717, 1.165) is 34.4 Å². The molecule has 0 aromatic heterocycles. The molecular weight excluding hydrogens is 433 g/mol. The van der Waals surface area contributed by atoms with Crippen LogP contribution in [0.15, 0.2) is 47.5 Å². The molecule has 0 unspecified atom stereocenters. The van der Waals surface area contributed by atoms with Crippen LogP contribution in [0.3, 0.4) is 0 Å². The van der Waals surface area contributed by atoms with Gasteiger partial charge in [-0.15, -0.1) is 0 Å². The largest absolute Gasteiger partial charge is 0.452 e. The number of nitro benzene ring substituents is 1. The lowest BCUT2D eigenvalue weighted by molar-refractivity contribution is -0.387. The second-order valence-corrected chi connectivity index (χ2v) is 8.30. The van der Waals surface area contributed by atoms with Crippen molar-refractivity contribution < 1.29 is 23.6 Å². The van der Waals surface area contributed by atoms with Gasteiger partial charge < -0.3 is 10.1 Å². The summed E-state index contributed by atoms with van der Waals surface area (Å²) in [6, 6.07) is 9.88. The lowest BCUT2D eigenvalue weighted by Crippen LogP contribution is -2.21. The molecule has 3 rings (SSSR count). The summed E-state index contributed by atoms with van der Waals surface area (Å²) >= 11 is 3.21. The molecule has 8 nitrogen and oxygen atoms in total. The Bertz CT molecular complexity index is 1020. The summed E-state index contributed by atoms with van der Waals surface area (Å²) in [7, 11) is 0. The van der Waals surface area contributed by atoms with E-state index in [9.17, 15) is 24.1 Å². The number of anilines is 1. The highest BCUT2D eigenvalue weighted by molar-refractivity contribution is 8.38. The van der Waals surface area contributed by atoms with Gasteiger partial charge in [-0.25, -0.2) is 4.79 Å². The zero-order valence-electron chi connectivity index (χ0n) is 15.5. The molecule has 1 aliphatic heterocycles. The molecule has 1 amide bonds. The van der Waals surface area contributed by atoms with Crippen LogP contribution in [0.1, 0.15) is 15.9 Å². The first-order valence-corrected chi connectivity index (χ1v) is 10.7. The number of esters is 1. The number of benzene rings is 2. The lowest BCUT2D eigenvalue weighted by atomic mass is 10.1. The first-order chi connectivity index (χ1) is 14.4. The van der Waals surface area contributed by atoms with Crippen LogP contribution in [0.4, 0.5) is 15.8 Å². The number of thioether (sulfide) groups is 2. The minimum absolute atomic E-state index is 0.0239. The molecule has 1 heterocycles. The van der Waals surface area contributed by atoms with Gasteiger partial charge in [-0.1, -0.05) is 41.7 Å². The summed E-state index contributed by atoms with van der Waals surface area (Å²) in [6.45, 7) is 0.205. The Balaban J connectivity index is 1.57. The van der Waals surface area contributed by atoms with Crippen molar-refractivity contribution in [2.45, 2.75) is 5.75 Å². The monoisotopic (exact) mass is 449 g/mol. The second kappa shape index (κ2) is 10.2. The van der Waals surface area contributed by atoms with E-state index < -0.39 is 34.9 Å². The molecule has 11 heteroatoms. The molecule has 30 heavy (non-hydrogen) atoms. The van der Waals surface area contributed by atoms with Gasteiger partial charge in [0.2, 0.25) is 5.82 Å². The Hall–Kier alpha value is -2.92. The van der Waals surface area contributed by atoms with Gasteiger partial charge in [0.25, 0.3) is 5.91 Å². The summed E-state index contributed by atoms with van der Waals surface area (Å²) in [4.78, 5) is 38.7. The van der Waals surface area contributed by atoms with Gasteiger partial charge in [-0.05, 0) is 23.8 Å². The molecule has 0 bridgehead atoms. The van der Waals surface area contributed by atoms with Crippen molar-refractivity contribution in [3.05, 3.63) is 69.5 Å². The van der Waals surface area contributed by atoms with Crippen molar-refractivity contribution in [3.63, 3.8) is 0 Å². The van der Waals surface area contributed by atoms with Crippen LogP contribution in [0, 0.1) is 15.9 Å². The van der Waals surface area contributed by atoms with Crippen LogP contribution < -0.4 is 5.32 Å². The number of nitrogens with zero attached hydrogens (tertiary/aromatic N) is 2. The number of halogens is 1. The number of carbonyl (C=O) groups is 2. The van der Waals surface area contributed by atoms with E-state index in [2.05, 4.69) is 10.3 Å². The minimum Gasteiger partial charge on any atom is -0.452 e. The van der Waals surface area contributed by atoms with Crippen molar-refractivity contribution in [2.75, 3.05) is 24.2 Å². The van der Waals surface area contributed by atoms with Crippen molar-refractivity contribution >= 4 is 51.2 Å². The predicted octanol–water partition coefficient (Wildman–Crippen LogP) is 3.87. The molecule has 0 fully saturated rings. The standard InChI is InChI=1S/C19H16FN3O5S2/c20-15-6-5-13(9-16(15)23(26)27)22-17(24)10-28-18(25)14-4-2-1-3-12(14)11-30-19-21-7-8-29-19/h1-6,9H,7-8,10-11H2,(H,22,24). The number of nitrogens with one attached hydrogen (secondary N) is 1. The fourth-order valence-corrected chi connectivity index (χ4v) is 4.54. The quantitative estimate of drug-likeness (QED) is 0.388. The van der Waals surface area contributed by atoms with Gasteiger partial charge in [0.1, 0.15) is 4.38 Å². The molecule has 0 spiro atoms. The summed E-state index contributed by atoms with van der Waals surface area (Å²) in [5.41, 5.74) is 0.369. The average molecular weight is 449 g/mol. The number of ether oxygens (including phenoxy) is 1. The molecule has 2 aromatic carbocycles. The van der Waals surface area contributed by atoms with Crippen molar-refractivity contribution in [1.29, 1.82) is 0 Å². The molecule has 0 aliphatic carbocycles. The summed E-state index contributed by atoms with van der Waals surface area (Å²) in [5, 5.41) is 13.1. The van der Waals surface area contributed by atoms with Crippen LogP contribution >= 0.6 is 23.5 Å². The molecule has 0 saturated carbocycles. The van der Waals surface area contributed by atoms with Crippen molar-refractivity contribution in [2.24, 2.45) is 4.99 Å². The normalized spacial score (nSPS) is 12.9. The minimum atomic E-state index is -1.01. The fourth-order valence-electron chi connectivity index (χ4n) is 2.52. The highest BCUT2D eigenvalue weighted by Gasteiger charge is 2.18. The van der Waals surface area contributed by atoms with Gasteiger partial charge in [-0.3, -0.25) is 19.9 Å². The molecule has 0 atom stereocenters. The number of hydrogen-bond donors (Lipinski definition) is 1. The molecule has 156 valence electrons. The lowest BCUT2D eigenvalue weighted by Gasteiger charge is -2.10. The Morgan fingerprint density at radius 1 is 1.30 bits per heavy atom. The third kappa shape index (κ3) is 5.80. The average Bonchev–Trinajstić information content (AvgIpc) is 3.25. The molecule has 0 radical (unpaired) electrons. The SMILES string of the molecule is O=C(COC(=O)c1ccccc1CSC1=NCCS1)Nc1ccc(F)c([N+](=O)[O-])c1. The number of carbonyl (C=O) groups excluding carboxylic acids is 2. The zero-order chi connectivity index (χ0) is 21.5. The van der Waals surface area contributed by atoms with Gasteiger partial charge >= 0.3 is 11.7 Å². The maximum absolute atomic E-state index is 13.4. The first-order valence-electron chi connectivity index (χ1n) is 8.73. The van der Waals surface area contributed by atoms with E-state index >= 15 is 0 Å². The number of nitro groups is 1. The van der Waals surface area contributed by atoms with Crippen molar-refractivity contribution in [3.8, 4) is 0 Å². The maximum atomic E-state index is 13.4. The zero-order valence-corrected chi connectivity index (χ0v) is 17.1. The van der Waals surface area contributed by atoms with Gasteiger partial charge in [0, 0.05) is 23.3 Å². The van der Waals surface area contributed by atoms with E-state index in [1.54, 1.807) is 23.9 Å². The van der Waals surface area contributed by atoms with Crippen LogP contribution in [-0.2, 0) is 15.3 Å². The highest BCUT2D eigenvalue weighted by atomic mass is 32.2. The second-order valence-electron chi connectivity index (χ2n) is 5.99. The fraction of sp³-hybridized carbons (Fsp3) is 0.211. The van der Waals surface area contributed by atoms with Crippen LogP contribution in [-0.4, -0.2) is 40.1 Å². The Morgan fingerprint density at radius 2 is 2.10 bits per heavy atom. The van der Waals surface area contributed by atoms with E-state index in [0.29, 0.717) is 11.3 Å². The Labute approximate surface area is 179 Å². The van der Waals surface area contributed by atoms with E-state index in [4.69, 9.17) is 4.74 Å². The van der Waals surface area contributed by atoms with E-state index in [-0.39, 0.29) is 5.69 Å². The van der Waals surface area contributed by atoms with E-state index in [1.165, 1.54) is 17.8 Å². The Morgan fingerprint density at radius 3 is 2.83 bits per heavy atom. The molecule has 2 aromatic rings. The number of aliphatic imine (C=N–C) groups is 1. The maximum Gasteiger partial charge on any atom is 0.338 e. The molecule has 0 saturated heterocycles. The summed E-state index contributed by atoms with van der Waals surface area (Å²) in [5.74, 6) is -0.873. The molecule has 1 N–H and O–H groups in total. The molecular formula is C19H16FN3O5S2. The summed E-state index contributed by atoms with van der Waals surface area (Å²) in [6.07, 6.45) is 0. The van der Waals surface area contributed by atoms with Gasteiger partial charge in [-0.2, -0.15) is 4.39 Å². The topological polar surface area (TPSA) is 111 Å². The van der Waals surface area contributed by atoms with Gasteiger partial charge in [0.15, 0.2) is 6.61 Å². The van der Waals surface area contributed by atoms with E-state index in [1.807, 2.05) is 12.1 Å². The predicted molar refractivity (Wildman–Crippen MR) is 114 cm³/mol.